The predicted molar refractivity (Wildman–Crippen MR) is 69.8 cm³/mol. The molecule has 1 aromatic carbocycles. The van der Waals surface area contributed by atoms with E-state index in [2.05, 4.69) is 5.32 Å². The molecule has 6 nitrogen and oxygen atoms in total. The molecule has 0 radical (unpaired) electrons. The average molecular weight is 280 g/mol. The molecule has 0 spiro atoms. The monoisotopic (exact) mass is 280 g/mol. The van der Waals surface area contributed by atoms with Crippen molar-refractivity contribution in [3.63, 3.8) is 0 Å². The highest BCUT2D eigenvalue weighted by atomic mass is 19.1. The summed E-state index contributed by atoms with van der Waals surface area (Å²) in [5, 5.41) is 23.4. The fourth-order valence-electron chi connectivity index (χ4n) is 1.70. The number of nitro groups is 1. The Kier molecular flexibility index (Phi) is 3.71. The number of anilines is 1. The average Bonchev–Trinajstić information content (AvgIpc) is 2.91. The summed E-state index contributed by atoms with van der Waals surface area (Å²) in [7, 11) is 0. The molecule has 0 aliphatic heterocycles. The molecule has 0 saturated carbocycles. The Hall–Kier alpha value is -2.41. The smallest absolute Gasteiger partial charge is 0.272 e. The number of hydrogen-bond acceptors (Lipinski definition) is 5. The summed E-state index contributed by atoms with van der Waals surface area (Å²) in [6.07, 6.45) is 1.43. The van der Waals surface area contributed by atoms with Crippen LogP contribution < -0.4 is 5.32 Å². The molecule has 0 amide bonds. The molecule has 1 aromatic heterocycles. The topological polar surface area (TPSA) is 88.5 Å². The van der Waals surface area contributed by atoms with E-state index in [4.69, 9.17) is 4.42 Å². The normalized spacial score (nSPS) is 13.8. The minimum Gasteiger partial charge on any atom is -0.466 e. The van der Waals surface area contributed by atoms with Crippen molar-refractivity contribution >= 4 is 11.4 Å². The third-order valence-corrected chi connectivity index (χ3v) is 2.84. The summed E-state index contributed by atoms with van der Waals surface area (Å²) in [6.45, 7) is 1.51. The van der Waals surface area contributed by atoms with Gasteiger partial charge in [-0.3, -0.25) is 10.1 Å². The Bertz CT molecular complexity index is 611. The number of furan rings is 1. The minimum absolute atomic E-state index is 0.00472. The first kappa shape index (κ1) is 14.0. The van der Waals surface area contributed by atoms with Crippen molar-refractivity contribution < 1.29 is 18.8 Å². The third-order valence-electron chi connectivity index (χ3n) is 2.84. The molecule has 1 atom stereocenters. The van der Waals surface area contributed by atoms with Crippen LogP contribution in [0.4, 0.5) is 15.8 Å². The second-order valence-electron chi connectivity index (χ2n) is 4.53. The Morgan fingerprint density at radius 2 is 2.25 bits per heavy atom. The van der Waals surface area contributed by atoms with Crippen molar-refractivity contribution in [2.24, 2.45) is 0 Å². The second-order valence-corrected chi connectivity index (χ2v) is 4.53. The summed E-state index contributed by atoms with van der Waals surface area (Å²) in [5.74, 6) is -0.415. The van der Waals surface area contributed by atoms with E-state index in [-0.39, 0.29) is 17.9 Å². The van der Waals surface area contributed by atoms with Crippen LogP contribution in [-0.2, 0) is 5.60 Å². The zero-order chi connectivity index (χ0) is 14.8. The van der Waals surface area contributed by atoms with Gasteiger partial charge >= 0.3 is 0 Å². The van der Waals surface area contributed by atoms with Gasteiger partial charge in [0.2, 0.25) is 0 Å². The molecule has 106 valence electrons. The fraction of sp³-hybridized carbons (Fsp3) is 0.231. The number of non-ortho nitro benzene ring substituents is 1. The van der Waals surface area contributed by atoms with Crippen molar-refractivity contribution in [2.75, 3.05) is 11.9 Å². The van der Waals surface area contributed by atoms with Gasteiger partial charge in [-0.15, -0.1) is 0 Å². The second kappa shape index (κ2) is 5.30. The first-order chi connectivity index (χ1) is 9.40. The third kappa shape index (κ3) is 2.94. The van der Waals surface area contributed by atoms with Gasteiger partial charge in [0.05, 0.1) is 29.5 Å². The van der Waals surface area contributed by atoms with Crippen LogP contribution in [0.15, 0.2) is 41.0 Å². The van der Waals surface area contributed by atoms with E-state index in [1.54, 1.807) is 12.1 Å². The number of halogens is 1. The van der Waals surface area contributed by atoms with Crippen molar-refractivity contribution in [1.82, 2.24) is 0 Å². The SMILES string of the molecule is CC(O)(CNc1ccc([N+](=O)[O-])cc1F)c1ccco1. The molecule has 2 rings (SSSR count). The summed E-state index contributed by atoms with van der Waals surface area (Å²) in [6, 6.07) is 6.51. The van der Waals surface area contributed by atoms with Crippen LogP contribution in [-0.4, -0.2) is 16.6 Å². The van der Waals surface area contributed by atoms with Crippen LogP contribution >= 0.6 is 0 Å². The highest BCUT2D eigenvalue weighted by Crippen LogP contribution is 2.24. The van der Waals surface area contributed by atoms with Gasteiger partial charge in [0.25, 0.3) is 5.69 Å². The van der Waals surface area contributed by atoms with Crippen LogP contribution in [0, 0.1) is 15.9 Å². The van der Waals surface area contributed by atoms with Crippen molar-refractivity contribution in [1.29, 1.82) is 0 Å². The lowest BCUT2D eigenvalue weighted by atomic mass is 10.0. The molecule has 2 aromatic rings. The van der Waals surface area contributed by atoms with Gasteiger partial charge in [0.1, 0.15) is 11.4 Å². The van der Waals surface area contributed by atoms with Gasteiger partial charge in [-0.1, -0.05) is 0 Å². The van der Waals surface area contributed by atoms with E-state index in [1.165, 1.54) is 25.3 Å². The molecule has 0 saturated heterocycles. The summed E-state index contributed by atoms with van der Waals surface area (Å²) in [5.41, 5.74) is -1.58. The number of hydrogen-bond donors (Lipinski definition) is 2. The fourth-order valence-corrected chi connectivity index (χ4v) is 1.70. The lowest BCUT2D eigenvalue weighted by Gasteiger charge is -2.21. The van der Waals surface area contributed by atoms with Crippen LogP contribution in [0.25, 0.3) is 0 Å². The summed E-state index contributed by atoms with van der Waals surface area (Å²) >= 11 is 0. The van der Waals surface area contributed by atoms with Crippen LogP contribution in [0.2, 0.25) is 0 Å². The molecule has 7 heteroatoms. The highest BCUT2D eigenvalue weighted by molar-refractivity contribution is 5.50. The number of nitrogens with zero attached hydrogens (tertiary/aromatic N) is 1. The summed E-state index contributed by atoms with van der Waals surface area (Å²) < 4.78 is 18.8. The molecule has 0 aliphatic carbocycles. The molecular formula is C13H13FN2O4. The first-order valence-electron chi connectivity index (χ1n) is 5.84. The van der Waals surface area contributed by atoms with Gasteiger partial charge in [-0.2, -0.15) is 0 Å². The Morgan fingerprint density at radius 3 is 2.80 bits per heavy atom. The number of nitrogens with one attached hydrogen (secondary N) is 1. The predicted octanol–water partition coefficient (Wildman–Crippen LogP) is 2.65. The number of benzene rings is 1. The number of rotatable bonds is 5. The van der Waals surface area contributed by atoms with Gasteiger partial charge in [-0.25, -0.2) is 4.39 Å². The zero-order valence-corrected chi connectivity index (χ0v) is 10.7. The molecule has 1 unspecified atom stereocenters. The van der Waals surface area contributed by atoms with Crippen molar-refractivity contribution in [3.05, 3.63) is 58.3 Å². The molecule has 20 heavy (non-hydrogen) atoms. The van der Waals surface area contributed by atoms with Crippen molar-refractivity contribution in [2.45, 2.75) is 12.5 Å². The standard InChI is InChI=1S/C13H13FN2O4/c1-13(17,12-3-2-6-20-12)8-15-11-5-4-9(16(18)19)7-10(11)14/h2-7,15,17H,8H2,1H3. The highest BCUT2D eigenvalue weighted by Gasteiger charge is 2.26. The van der Waals surface area contributed by atoms with Gasteiger partial charge in [0, 0.05) is 6.07 Å². The van der Waals surface area contributed by atoms with Crippen LogP contribution in [0.5, 0.6) is 0 Å². The maximum Gasteiger partial charge on any atom is 0.272 e. The van der Waals surface area contributed by atoms with Crippen LogP contribution in [0.3, 0.4) is 0 Å². The Balaban J connectivity index is 2.10. The maximum absolute atomic E-state index is 13.7. The van der Waals surface area contributed by atoms with Crippen LogP contribution in [0.1, 0.15) is 12.7 Å². The number of aliphatic hydroxyl groups is 1. The van der Waals surface area contributed by atoms with Gasteiger partial charge in [-0.05, 0) is 25.1 Å². The minimum atomic E-state index is -1.32. The lowest BCUT2D eigenvalue weighted by molar-refractivity contribution is -0.385. The quantitative estimate of drug-likeness (QED) is 0.649. The van der Waals surface area contributed by atoms with Gasteiger partial charge in [0.15, 0.2) is 5.82 Å². The van der Waals surface area contributed by atoms with Crippen molar-refractivity contribution in [3.8, 4) is 0 Å². The molecule has 0 fully saturated rings. The van der Waals surface area contributed by atoms with E-state index in [0.29, 0.717) is 5.76 Å². The molecule has 0 bridgehead atoms. The molecule has 0 aliphatic rings. The molecular weight excluding hydrogens is 267 g/mol. The number of nitro benzene ring substituents is 1. The van der Waals surface area contributed by atoms with Gasteiger partial charge < -0.3 is 14.8 Å². The zero-order valence-electron chi connectivity index (χ0n) is 10.7. The molecule has 2 N–H and O–H groups in total. The van der Waals surface area contributed by atoms with E-state index in [9.17, 15) is 19.6 Å². The first-order valence-corrected chi connectivity index (χ1v) is 5.84. The summed E-state index contributed by atoms with van der Waals surface area (Å²) in [4.78, 5) is 9.83. The van der Waals surface area contributed by atoms with E-state index < -0.39 is 16.3 Å². The van der Waals surface area contributed by atoms with E-state index >= 15 is 0 Å². The largest absolute Gasteiger partial charge is 0.466 e. The van der Waals surface area contributed by atoms with E-state index in [0.717, 1.165) is 6.07 Å². The molecule has 1 heterocycles. The Morgan fingerprint density at radius 1 is 1.50 bits per heavy atom. The van der Waals surface area contributed by atoms with E-state index in [1.807, 2.05) is 0 Å². The lowest BCUT2D eigenvalue weighted by Crippen LogP contribution is -2.30. The Labute approximate surface area is 114 Å². The maximum atomic E-state index is 13.7.